The normalized spacial score (nSPS) is 27.0. The number of hydrogen-bond acceptors (Lipinski definition) is 10. The lowest BCUT2D eigenvalue weighted by molar-refractivity contribution is -0.178. The first-order valence-electron chi connectivity index (χ1n) is 13.7. The number of fused-ring (bicyclic) bond motifs is 3. The number of benzene rings is 1. The molecule has 39 heavy (non-hydrogen) atoms. The zero-order chi connectivity index (χ0) is 28.0. The van der Waals surface area contributed by atoms with E-state index in [1.165, 1.54) is 7.11 Å². The van der Waals surface area contributed by atoms with Crippen molar-refractivity contribution in [2.24, 2.45) is 0 Å². The van der Waals surface area contributed by atoms with E-state index in [4.69, 9.17) is 23.7 Å². The highest BCUT2D eigenvalue weighted by molar-refractivity contribution is 5.86. The minimum atomic E-state index is -2.12. The zero-order valence-corrected chi connectivity index (χ0v) is 23.2. The number of nitrogens with zero attached hydrogens (tertiary/aromatic N) is 1. The monoisotopic (exact) mass is 545 g/mol. The molecular weight excluding hydrogens is 506 g/mol. The van der Waals surface area contributed by atoms with Gasteiger partial charge in [-0.15, -0.1) is 0 Å². The summed E-state index contributed by atoms with van der Waals surface area (Å²) in [6, 6.07) is 4.00. The molecule has 3 heterocycles. The van der Waals surface area contributed by atoms with Gasteiger partial charge in [0.1, 0.15) is 5.76 Å². The quantitative estimate of drug-likeness (QED) is 0.448. The van der Waals surface area contributed by atoms with Crippen LogP contribution in [-0.2, 0) is 30.2 Å². The molecule has 0 aromatic heterocycles. The van der Waals surface area contributed by atoms with Crippen LogP contribution < -0.4 is 9.47 Å². The van der Waals surface area contributed by atoms with Crippen LogP contribution in [0.15, 0.2) is 24.0 Å². The van der Waals surface area contributed by atoms with E-state index in [1.54, 1.807) is 21.0 Å². The summed E-state index contributed by atoms with van der Waals surface area (Å²) < 4.78 is 28.1. The smallest absolute Gasteiger partial charge is 0.339 e. The maximum atomic E-state index is 13.8. The number of methoxy groups -OCH3 is 2. The molecule has 4 aliphatic rings. The predicted molar refractivity (Wildman–Crippen MR) is 139 cm³/mol. The number of esters is 2. The molecular formula is C29H39NO9. The van der Waals surface area contributed by atoms with Gasteiger partial charge in [0.15, 0.2) is 23.2 Å². The Morgan fingerprint density at radius 2 is 1.87 bits per heavy atom. The summed E-state index contributed by atoms with van der Waals surface area (Å²) in [7, 11) is 2.76. The van der Waals surface area contributed by atoms with Gasteiger partial charge in [-0.25, -0.2) is 4.79 Å². The van der Waals surface area contributed by atoms with Crippen molar-refractivity contribution in [2.45, 2.75) is 87.6 Å². The van der Waals surface area contributed by atoms with Gasteiger partial charge in [0.05, 0.1) is 37.7 Å². The molecule has 10 nitrogen and oxygen atoms in total. The van der Waals surface area contributed by atoms with Crippen LogP contribution in [0, 0.1) is 0 Å². The fourth-order valence-corrected chi connectivity index (χ4v) is 6.71. The Labute approximate surface area is 228 Å². The number of ether oxygens (including phenoxy) is 5. The Kier molecular flexibility index (Phi) is 7.32. The van der Waals surface area contributed by atoms with Crippen LogP contribution in [0.5, 0.6) is 11.5 Å². The summed E-state index contributed by atoms with van der Waals surface area (Å²) in [5, 5.41) is 21.6. The Hall–Kier alpha value is -2.82. The molecule has 10 heteroatoms. The van der Waals surface area contributed by atoms with Crippen molar-refractivity contribution in [1.82, 2.24) is 4.90 Å². The van der Waals surface area contributed by atoms with E-state index >= 15 is 0 Å². The van der Waals surface area contributed by atoms with Crippen molar-refractivity contribution in [3.05, 3.63) is 35.1 Å². The van der Waals surface area contributed by atoms with Crippen LogP contribution in [0.3, 0.4) is 0 Å². The largest absolute Gasteiger partial charge is 0.497 e. The molecule has 1 aromatic carbocycles. The summed E-state index contributed by atoms with van der Waals surface area (Å²) in [5.41, 5.74) is -1.42. The third-order valence-electron chi connectivity index (χ3n) is 8.62. The van der Waals surface area contributed by atoms with Crippen molar-refractivity contribution in [3.8, 4) is 11.5 Å². The highest BCUT2D eigenvalue weighted by Crippen LogP contribution is 2.55. The average Bonchev–Trinajstić information content (AvgIpc) is 3.56. The highest BCUT2D eigenvalue weighted by Gasteiger charge is 2.59. The van der Waals surface area contributed by atoms with Gasteiger partial charge in [-0.2, -0.15) is 0 Å². The second-order valence-corrected chi connectivity index (χ2v) is 11.7. The van der Waals surface area contributed by atoms with Crippen LogP contribution in [0.25, 0.3) is 0 Å². The maximum absolute atomic E-state index is 13.8. The van der Waals surface area contributed by atoms with Crippen molar-refractivity contribution in [3.63, 3.8) is 0 Å². The van der Waals surface area contributed by atoms with E-state index in [1.807, 2.05) is 12.1 Å². The Bertz CT molecular complexity index is 1160. The molecule has 0 saturated carbocycles. The van der Waals surface area contributed by atoms with Gasteiger partial charge in [-0.1, -0.05) is 0 Å². The van der Waals surface area contributed by atoms with E-state index in [0.717, 1.165) is 43.5 Å². The lowest BCUT2D eigenvalue weighted by Gasteiger charge is -2.39. The lowest BCUT2D eigenvalue weighted by Crippen LogP contribution is -2.49. The molecule has 1 aromatic rings. The number of carbonyl (C=O) groups is 2. The fourth-order valence-electron chi connectivity index (χ4n) is 6.71. The van der Waals surface area contributed by atoms with Crippen molar-refractivity contribution in [1.29, 1.82) is 0 Å². The van der Waals surface area contributed by atoms with Gasteiger partial charge < -0.3 is 33.9 Å². The molecule has 1 spiro atoms. The molecule has 0 amide bonds. The summed E-state index contributed by atoms with van der Waals surface area (Å²) in [5.74, 6) is -0.0645. The van der Waals surface area contributed by atoms with E-state index in [0.29, 0.717) is 30.1 Å². The van der Waals surface area contributed by atoms with E-state index in [2.05, 4.69) is 11.0 Å². The van der Waals surface area contributed by atoms with Crippen LogP contribution >= 0.6 is 0 Å². The van der Waals surface area contributed by atoms with Gasteiger partial charge >= 0.3 is 11.9 Å². The zero-order valence-electron chi connectivity index (χ0n) is 23.2. The van der Waals surface area contributed by atoms with Crippen molar-refractivity contribution < 1.29 is 43.5 Å². The molecule has 3 aliphatic heterocycles. The molecule has 4 atom stereocenters. The lowest BCUT2D eigenvalue weighted by atomic mass is 9.77. The van der Waals surface area contributed by atoms with Crippen LogP contribution in [0.1, 0.15) is 69.4 Å². The second kappa shape index (κ2) is 10.3. The van der Waals surface area contributed by atoms with Gasteiger partial charge in [0.25, 0.3) is 0 Å². The Morgan fingerprint density at radius 3 is 2.56 bits per heavy atom. The molecule has 214 valence electrons. The van der Waals surface area contributed by atoms with Crippen LogP contribution in [0.4, 0.5) is 0 Å². The third-order valence-corrected chi connectivity index (χ3v) is 8.62. The minimum Gasteiger partial charge on any atom is -0.497 e. The van der Waals surface area contributed by atoms with Gasteiger partial charge in [0.2, 0.25) is 6.79 Å². The standard InChI is InChI=1S/C29H39NO9/c1-27(2,33)8-5-10-29(34,16-23(31)36-4)26(32)39-25-22(35-3)15-28-9-6-11-30(28)12-7-18-13-20-21(38-17-37-20)14-19(18)24(25)28/h13-15,24-25,33-34H,5-12,16-17H2,1-4H3/t24-,25?,28+,29+/m0/s1. The van der Waals surface area contributed by atoms with Crippen molar-refractivity contribution in [2.75, 3.05) is 34.1 Å². The van der Waals surface area contributed by atoms with Crippen LogP contribution in [-0.4, -0.2) is 84.0 Å². The summed E-state index contributed by atoms with van der Waals surface area (Å²) >= 11 is 0. The second-order valence-electron chi connectivity index (χ2n) is 11.7. The molecule has 0 bridgehead atoms. The van der Waals surface area contributed by atoms with Crippen molar-refractivity contribution >= 4 is 11.9 Å². The number of hydrogen-bond donors (Lipinski definition) is 2. The van der Waals surface area contributed by atoms with Gasteiger partial charge in [0, 0.05) is 6.54 Å². The van der Waals surface area contributed by atoms with E-state index in [-0.39, 0.29) is 19.1 Å². The maximum Gasteiger partial charge on any atom is 0.339 e. The fraction of sp³-hybridized carbons (Fsp3) is 0.655. The molecule has 1 saturated heterocycles. The molecule has 2 N–H and O–H groups in total. The first-order chi connectivity index (χ1) is 18.5. The molecule has 5 rings (SSSR count). The first kappa shape index (κ1) is 27.7. The average molecular weight is 546 g/mol. The molecule has 1 unspecified atom stereocenters. The number of carbonyl (C=O) groups excluding carboxylic acids is 2. The van der Waals surface area contributed by atoms with E-state index in [9.17, 15) is 19.8 Å². The Balaban J connectivity index is 1.50. The summed E-state index contributed by atoms with van der Waals surface area (Å²) in [6.45, 7) is 5.21. The number of rotatable bonds is 9. The van der Waals surface area contributed by atoms with Crippen LogP contribution in [0.2, 0.25) is 0 Å². The SMILES string of the molecule is COC(=O)C[C@](O)(CCCC(C)(C)O)C(=O)OC1C(OC)=C[C@@]23CCCN2CCc2cc4c(cc2[C@@H]13)OCO4. The number of aliphatic hydroxyl groups is 2. The minimum absolute atomic E-state index is 0.0686. The first-order valence-corrected chi connectivity index (χ1v) is 13.7. The van der Waals surface area contributed by atoms with E-state index < -0.39 is 41.2 Å². The molecule has 0 radical (unpaired) electrons. The molecule has 1 aliphatic carbocycles. The topological polar surface area (TPSA) is 124 Å². The Morgan fingerprint density at radius 1 is 1.13 bits per heavy atom. The van der Waals surface area contributed by atoms with Gasteiger partial charge in [-0.3, -0.25) is 9.69 Å². The van der Waals surface area contributed by atoms with Gasteiger partial charge in [-0.05, 0) is 88.3 Å². The third kappa shape index (κ3) is 5.10. The highest BCUT2D eigenvalue weighted by atomic mass is 16.7. The summed E-state index contributed by atoms with van der Waals surface area (Å²) in [6.07, 6.45) is 3.94. The summed E-state index contributed by atoms with van der Waals surface area (Å²) in [4.78, 5) is 28.4. The molecule has 1 fully saturated rings. The predicted octanol–water partition coefficient (Wildman–Crippen LogP) is 2.58.